The van der Waals surface area contributed by atoms with E-state index >= 15 is 0 Å². The van der Waals surface area contributed by atoms with E-state index in [2.05, 4.69) is 4.90 Å². The van der Waals surface area contributed by atoms with Crippen LogP contribution in [0.2, 0.25) is 0 Å². The molecule has 1 aromatic carbocycles. The normalized spacial score (nSPS) is 39.8. The van der Waals surface area contributed by atoms with Crippen molar-refractivity contribution >= 4 is 0 Å². The molecule has 3 saturated heterocycles. The minimum absolute atomic E-state index is 0.220. The highest BCUT2D eigenvalue weighted by Crippen LogP contribution is 2.36. The van der Waals surface area contributed by atoms with Crippen LogP contribution >= 0.6 is 0 Å². The number of nitrogens with zero attached hydrogens (tertiary/aromatic N) is 1. The van der Waals surface area contributed by atoms with Crippen molar-refractivity contribution in [2.24, 2.45) is 0 Å². The molecule has 0 aliphatic carbocycles. The van der Waals surface area contributed by atoms with Crippen molar-refractivity contribution in [1.82, 2.24) is 4.90 Å². The molecule has 3 fully saturated rings. The van der Waals surface area contributed by atoms with E-state index in [1.54, 1.807) is 7.11 Å². The first-order valence-corrected chi connectivity index (χ1v) is 8.78. The summed E-state index contributed by atoms with van der Waals surface area (Å²) in [5.74, 6) is 0. The summed E-state index contributed by atoms with van der Waals surface area (Å²) < 4.78 is 28.8. The molecule has 6 atom stereocenters. The maximum atomic E-state index is 10.8. The summed E-state index contributed by atoms with van der Waals surface area (Å²) in [4.78, 5) is 2.22. The van der Waals surface area contributed by atoms with E-state index < -0.39 is 18.7 Å². The van der Waals surface area contributed by atoms with Gasteiger partial charge in [0.25, 0.3) is 0 Å². The van der Waals surface area contributed by atoms with Gasteiger partial charge in [-0.25, -0.2) is 0 Å². The number of aliphatic hydroxyl groups excluding tert-OH is 1. The highest BCUT2D eigenvalue weighted by atomic mass is 16.7. The first-order chi connectivity index (χ1) is 12.3. The predicted molar refractivity (Wildman–Crippen MR) is 87.9 cm³/mol. The van der Waals surface area contributed by atoms with Gasteiger partial charge in [0.05, 0.1) is 25.9 Å². The van der Waals surface area contributed by atoms with Crippen LogP contribution in [-0.4, -0.2) is 80.7 Å². The van der Waals surface area contributed by atoms with Gasteiger partial charge in [0.15, 0.2) is 12.6 Å². The van der Waals surface area contributed by atoms with E-state index in [-0.39, 0.29) is 18.2 Å². The fourth-order valence-electron chi connectivity index (χ4n) is 3.85. The molecule has 0 spiro atoms. The molecule has 3 aliphatic rings. The molecular weight excluding hydrogens is 326 g/mol. The molecule has 1 N–H and O–H groups in total. The zero-order valence-corrected chi connectivity index (χ0v) is 14.3. The topological polar surface area (TPSA) is 69.6 Å². The predicted octanol–water partition coefficient (Wildman–Crippen LogP) is 0.534. The van der Waals surface area contributed by atoms with Gasteiger partial charge in [-0.05, 0) is 0 Å². The Labute approximate surface area is 147 Å². The van der Waals surface area contributed by atoms with Crippen molar-refractivity contribution in [3.8, 4) is 0 Å². The van der Waals surface area contributed by atoms with Crippen molar-refractivity contribution in [2.45, 2.75) is 36.9 Å². The van der Waals surface area contributed by atoms with Gasteiger partial charge in [0.1, 0.15) is 18.3 Å². The number of rotatable bonds is 3. The number of methoxy groups -OCH3 is 1. The van der Waals surface area contributed by atoms with Crippen LogP contribution in [0.15, 0.2) is 30.3 Å². The molecule has 4 rings (SSSR count). The third-order valence-electron chi connectivity index (χ3n) is 5.10. The Bertz CT molecular complexity index is 550. The fourth-order valence-corrected chi connectivity index (χ4v) is 3.85. The molecule has 25 heavy (non-hydrogen) atoms. The third-order valence-corrected chi connectivity index (χ3v) is 5.10. The zero-order chi connectivity index (χ0) is 17.2. The van der Waals surface area contributed by atoms with Gasteiger partial charge in [-0.15, -0.1) is 0 Å². The Morgan fingerprint density at radius 1 is 1.12 bits per heavy atom. The van der Waals surface area contributed by atoms with E-state index in [1.165, 1.54) is 0 Å². The van der Waals surface area contributed by atoms with Gasteiger partial charge >= 0.3 is 0 Å². The second-order valence-electron chi connectivity index (χ2n) is 6.58. The number of morpholine rings is 1. The molecule has 138 valence electrons. The molecule has 1 aromatic rings. The van der Waals surface area contributed by atoms with Crippen LogP contribution < -0.4 is 0 Å². The van der Waals surface area contributed by atoms with Gasteiger partial charge in [-0.3, -0.25) is 4.90 Å². The zero-order valence-electron chi connectivity index (χ0n) is 14.3. The molecule has 3 heterocycles. The number of aliphatic hydroxyl groups is 1. The highest BCUT2D eigenvalue weighted by Gasteiger charge is 2.51. The Morgan fingerprint density at radius 2 is 1.88 bits per heavy atom. The maximum absolute atomic E-state index is 10.8. The van der Waals surface area contributed by atoms with Crippen molar-refractivity contribution < 1.29 is 28.8 Å². The Hall–Kier alpha value is -1.06. The van der Waals surface area contributed by atoms with E-state index in [4.69, 9.17) is 23.7 Å². The highest BCUT2D eigenvalue weighted by molar-refractivity contribution is 5.17. The Kier molecular flexibility index (Phi) is 5.33. The standard InChI is InChI=1S/C18H25NO6/c1-21-18-15(20)14(19-7-9-22-10-8-19)16-13(24-18)11-23-17(25-16)12-5-3-2-4-6-12/h2-6,13-18,20H,7-11H2,1H3/t13-,14+,15+,16-,17-,18-/m1/s1. The summed E-state index contributed by atoms with van der Waals surface area (Å²) in [7, 11) is 1.54. The Balaban J connectivity index is 1.57. The molecule has 0 unspecified atom stereocenters. The summed E-state index contributed by atoms with van der Waals surface area (Å²) in [5.41, 5.74) is 0.963. The first kappa shape index (κ1) is 17.4. The maximum Gasteiger partial charge on any atom is 0.185 e. The van der Waals surface area contributed by atoms with Gasteiger partial charge in [0, 0.05) is 25.8 Å². The first-order valence-electron chi connectivity index (χ1n) is 8.78. The molecule has 0 amide bonds. The lowest BCUT2D eigenvalue weighted by atomic mass is 9.93. The second-order valence-corrected chi connectivity index (χ2v) is 6.58. The van der Waals surface area contributed by atoms with Crippen molar-refractivity contribution in [3.05, 3.63) is 35.9 Å². The van der Waals surface area contributed by atoms with Crippen LogP contribution in [0.25, 0.3) is 0 Å². The number of fused-ring (bicyclic) bond motifs is 1. The van der Waals surface area contributed by atoms with Crippen LogP contribution in [0.3, 0.4) is 0 Å². The second kappa shape index (κ2) is 7.67. The van der Waals surface area contributed by atoms with Crippen LogP contribution in [0.1, 0.15) is 11.9 Å². The summed E-state index contributed by atoms with van der Waals surface area (Å²) in [5, 5.41) is 10.8. The molecule has 3 aliphatic heterocycles. The number of hydrogen-bond donors (Lipinski definition) is 1. The molecule has 0 radical (unpaired) electrons. The van der Waals surface area contributed by atoms with Crippen LogP contribution in [0.4, 0.5) is 0 Å². The lowest BCUT2D eigenvalue weighted by Crippen LogP contribution is -2.68. The Morgan fingerprint density at radius 3 is 2.60 bits per heavy atom. The van der Waals surface area contributed by atoms with Gasteiger partial charge in [-0.1, -0.05) is 30.3 Å². The molecule has 7 nitrogen and oxygen atoms in total. The average molecular weight is 351 g/mol. The van der Waals surface area contributed by atoms with Crippen LogP contribution in [0.5, 0.6) is 0 Å². The molecule has 0 bridgehead atoms. The number of benzene rings is 1. The monoisotopic (exact) mass is 351 g/mol. The van der Waals surface area contributed by atoms with Gasteiger partial charge in [-0.2, -0.15) is 0 Å². The molecule has 0 saturated carbocycles. The van der Waals surface area contributed by atoms with E-state index in [0.717, 1.165) is 18.7 Å². The van der Waals surface area contributed by atoms with Gasteiger partial charge < -0.3 is 28.8 Å². The number of hydrogen-bond acceptors (Lipinski definition) is 7. The van der Waals surface area contributed by atoms with E-state index in [9.17, 15) is 5.11 Å². The largest absolute Gasteiger partial charge is 0.386 e. The molecule has 7 heteroatoms. The number of ether oxygens (including phenoxy) is 5. The summed E-state index contributed by atoms with van der Waals surface area (Å²) in [6, 6.07) is 9.62. The van der Waals surface area contributed by atoms with Crippen molar-refractivity contribution in [2.75, 3.05) is 40.0 Å². The fraction of sp³-hybridized carbons (Fsp3) is 0.667. The molecule has 0 aromatic heterocycles. The summed E-state index contributed by atoms with van der Waals surface area (Å²) in [6.07, 6.45) is -2.51. The SMILES string of the molecule is CO[C@@H]1O[C@@H]2CO[C@@H](c3ccccc3)O[C@H]2[C@@H](N2CCOCC2)[C@@H]1O. The minimum atomic E-state index is -0.793. The van der Waals surface area contributed by atoms with Crippen molar-refractivity contribution in [1.29, 1.82) is 0 Å². The summed E-state index contributed by atoms with van der Waals surface area (Å²) >= 11 is 0. The van der Waals surface area contributed by atoms with Crippen LogP contribution in [0, 0.1) is 0 Å². The van der Waals surface area contributed by atoms with E-state index in [1.807, 2.05) is 30.3 Å². The summed E-state index contributed by atoms with van der Waals surface area (Å²) in [6.45, 7) is 3.20. The van der Waals surface area contributed by atoms with Crippen LogP contribution in [-0.2, 0) is 23.7 Å². The lowest BCUT2D eigenvalue weighted by molar-refractivity contribution is -0.351. The van der Waals surface area contributed by atoms with Crippen molar-refractivity contribution in [3.63, 3.8) is 0 Å². The quantitative estimate of drug-likeness (QED) is 0.852. The molecular formula is C18H25NO6. The lowest BCUT2D eigenvalue weighted by Gasteiger charge is -2.51. The average Bonchev–Trinajstić information content (AvgIpc) is 2.68. The van der Waals surface area contributed by atoms with E-state index in [0.29, 0.717) is 19.8 Å². The smallest absolute Gasteiger partial charge is 0.185 e. The van der Waals surface area contributed by atoms with Gasteiger partial charge in [0.2, 0.25) is 0 Å². The third kappa shape index (κ3) is 3.46. The minimum Gasteiger partial charge on any atom is -0.386 e.